The number of ether oxygens (including phenoxy) is 1. The molecule has 0 saturated carbocycles. The molecular weight excluding hydrogens is 144 g/mol. The highest BCUT2D eigenvalue weighted by molar-refractivity contribution is 5.72. The molecule has 0 aromatic rings. The predicted octanol–water partition coefficient (Wildman–Crippen LogP) is 0.400. The molecule has 62 valence electrons. The van der Waals surface area contributed by atoms with E-state index in [2.05, 4.69) is 10.1 Å². The van der Waals surface area contributed by atoms with Crippen molar-refractivity contribution in [3.63, 3.8) is 0 Å². The van der Waals surface area contributed by atoms with Crippen molar-refractivity contribution in [2.24, 2.45) is 0 Å². The van der Waals surface area contributed by atoms with Gasteiger partial charge in [0.05, 0.1) is 0 Å². The number of hydrogen-bond donors (Lipinski definition) is 1. The van der Waals surface area contributed by atoms with Crippen LogP contribution in [0.2, 0.25) is 0 Å². The number of nitriles is 1. The summed E-state index contributed by atoms with van der Waals surface area (Å²) in [5, 5.41) is 10.6. The van der Waals surface area contributed by atoms with E-state index in [4.69, 9.17) is 5.26 Å². The Kier molecular flexibility index (Phi) is 6.10. The lowest BCUT2D eigenvalue weighted by Gasteiger charge is -1.99. The Balaban J connectivity index is 2.92. The molecule has 0 saturated heterocycles. The van der Waals surface area contributed by atoms with Crippen LogP contribution in [0.3, 0.4) is 0 Å². The molecule has 0 fully saturated rings. The summed E-state index contributed by atoms with van der Waals surface area (Å²) in [7, 11) is 0. The Morgan fingerprint density at radius 3 is 2.91 bits per heavy atom. The van der Waals surface area contributed by atoms with Gasteiger partial charge < -0.3 is 10.1 Å². The summed E-state index contributed by atoms with van der Waals surface area (Å²) in [6, 6.07) is 0. The van der Waals surface area contributed by atoms with E-state index in [0.29, 0.717) is 13.2 Å². The SMILES string of the molecule is CC(=O)NCCCCOC#N. The number of carbonyl (C=O) groups excluding carboxylic acids is 1. The van der Waals surface area contributed by atoms with Crippen LogP contribution in [0.1, 0.15) is 19.8 Å². The van der Waals surface area contributed by atoms with Crippen LogP contribution in [0.4, 0.5) is 0 Å². The zero-order chi connectivity index (χ0) is 8.53. The van der Waals surface area contributed by atoms with Gasteiger partial charge in [0.25, 0.3) is 6.26 Å². The lowest BCUT2D eigenvalue weighted by molar-refractivity contribution is -0.118. The maximum Gasteiger partial charge on any atom is 0.286 e. The predicted molar refractivity (Wildman–Crippen MR) is 39.5 cm³/mol. The second-order valence-electron chi connectivity index (χ2n) is 2.13. The molecule has 11 heavy (non-hydrogen) atoms. The van der Waals surface area contributed by atoms with Gasteiger partial charge >= 0.3 is 0 Å². The van der Waals surface area contributed by atoms with Crippen molar-refractivity contribution < 1.29 is 9.53 Å². The molecule has 4 nitrogen and oxygen atoms in total. The summed E-state index contributed by atoms with van der Waals surface area (Å²) >= 11 is 0. The van der Waals surface area contributed by atoms with Crippen LogP contribution in [-0.2, 0) is 9.53 Å². The molecule has 0 aliphatic carbocycles. The molecule has 0 atom stereocenters. The topological polar surface area (TPSA) is 62.1 Å². The average molecular weight is 156 g/mol. The molecule has 0 bridgehead atoms. The van der Waals surface area contributed by atoms with Crippen LogP contribution in [0, 0.1) is 11.5 Å². The summed E-state index contributed by atoms with van der Waals surface area (Å²) in [6.45, 7) is 2.58. The van der Waals surface area contributed by atoms with Gasteiger partial charge in [-0.1, -0.05) is 0 Å². The highest BCUT2D eigenvalue weighted by atomic mass is 16.5. The molecule has 0 aliphatic heterocycles. The van der Waals surface area contributed by atoms with Crippen molar-refractivity contribution in [1.29, 1.82) is 5.26 Å². The van der Waals surface area contributed by atoms with Crippen molar-refractivity contribution >= 4 is 5.91 Å². The van der Waals surface area contributed by atoms with Crippen LogP contribution >= 0.6 is 0 Å². The van der Waals surface area contributed by atoms with E-state index in [-0.39, 0.29) is 5.91 Å². The summed E-state index contributed by atoms with van der Waals surface area (Å²) < 4.78 is 4.43. The third-order valence-electron chi connectivity index (χ3n) is 1.11. The summed E-state index contributed by atoms with van der Waals surface area (Å²) in [4.78, 5) is 10.3. The van der Waals surface area contributed by atoms with Gasteiger partial charge in [0.2, 0.25) is 5.91 Å². The zero-order valence-electron chi connectivity index (χ0n) is 6.59. The van der Waals surface area contributed by atoms with Gasteiger partial charge in [-0.25, -0.2) is 0 Å². The van der Waals surface area contributed by atoms with Crippen LogP contribution in [-0.4, -0.2) is 19.1 Å². The largest absolute Gasteiger partial charge is 0.428 e. The first-order valence-electron chi connectivity index (χ1n) is 3.52. The Morgan fingerprint density at radius 2 is 2.36 bits per heavy atom. The van der Waals surface area contributed by atoms with Gasteiger partial charge in [-0.05, 0) is 12.8 Å². The molecule has 0 aromatic heterocycles. The molecule has 0 aliphatic rings. The number of nitrogens with one attached hydrogen (secondary N) is 1. The minimum atomic E-state index is -0.0220. The number of rotatable bonds is 5. The van der Waals surface area contributed by atoms with E-state index >= 15 is 0 Å². The second-order valence-corrected chi connectivity index (χ2v) is 2.13. The quantitative estimate of drug-likeness (QED) is 0.463. The third kappa shape index (κ3) is 8.76. The molecule has 1 amide bonds. The summed E-state index contributed by atoms with van der Waals surface area (Å²) in [5.74, 6) is -0.0220. The average Bonchev–Trinajstić information content (AvgIpc) is 1.96. The van der Waals surface area contributed by atoms with Crippen molar-refractivity contribution in [2.75, 3.05) is 13.2 Å². The minimum absolute atomic E-state index is 0.0220. The van der Waals surface area contributed by atoms with E-state index in [1.807, 2.05) is 0 Å². The molecule has 0 heterocycles. The maximum absolute atomic E-state index is 10.3. The standard InChI is InChI=1S/C7H12N2O2/c1-7(10)9-4-2-3-5-11-6-8/h2-5H2,1H3,(H,9,10). The zero-order valence-corrected chi connectivity index (χ0v) is 6.59. The van der Waals surface area contributed by atoms with E-state index in [9.17, 15) is 4.79 Å². The molecule has 0 rings (SSSR count). The molecule has 0 unspecified atom stereocenters. The van der Waals surface area contributed by atoms with Gasteiger partial charge in [-0.15, -0.1) is 0 Å². The Bertz CT molecular complexity index is 151. The van der Waals surface area contributed by atoms with E-state index in [0.717, 1.165) is 12.8 Å². The number of nitrogens with zero attached hydrogens (tertiary/aromatic N) is 1. The summed E-state index contributed by atoms with van der Waals surface area (Å²) in [6.07, 6.45) is 3.23. The van der Waals surface area contributed by atoms with Crippen molar-refractivity contribution in [2.45, 2.75) is 19.8 Å². The third-order valence-corrected chi connectivity index (χ3v) is 1.11. The Morgan fingerprint density at radius 1 is 1.64 bits per heavy atom. The number of amides is 1. The first kappa shape index (κ1) is 9.76. The van der Waals surface area contributed by atoms with Gasteiger partial charge in [-0.2, -0.15) is 5.26 Å². The minimum Gasteiger partial charge on any atom is -0.428 e. The van der Waals surface area contributed by atoms with Crippen molar-refractivity contribution in [3.8, 4) is 6.26 Å². The maximum atomic E-state index is 10.3. The molecule has 0 radical (unpaired) electrons. The van der Waals surface area contributed by atoms with Crippen LogP contribution in [0.15, 0.2) is 0 Å². The molecular formula is C7H12N2O2. The van der Waals surface area contributed by atoms with Crippen LogP contribution < -0.4 is 5.32 Å². The van der Waals surface area contributed by atoms with Crippen molar-refractivity contribution in [1.82, 2.24) is 5.32 Å². The number of unbranched alkanes of at least 4 members (excludes halogenated alkanes) is 1. The molecule has 0 spiro atoms. The van der Waals surface area contributed by atoms with E-state index in [1.165, 1.54) is 6.92 Å². The first-order valence-corrected chi connectivity index (χ1v) is 3.52. The van der Waals surface area contributed by atoms with Gasteiger partial charge in [0, 0.05) is 13.5 Å². The van der Waals surface area contributed by atoms with Gasteiger partial charge in [0.15, 0.2) is 0 Å². The molecule has 1 N–H and O–H groups in total. The van der Waals surface area contributed by atoms with Crippen LogP contribution in [0.5, 0.6) is 0 Å². The fourth-order valence-electron chi connectivity index (χ4n) is 0.609. The Labute approximate surface area is 66.1 Å². The highest BCUT2D eigenvalue weighted by Gasteiger charge is 1.90. The first-order chi connectivity index (χ1) is 5.27. The lowest BCUT2D eigenvalue weighted by Crippen LogP contribution is -2.20. The van der Waals surface area contributed by atoms with E-state index < -0.39 is 0 Å². The van der Waals surface area contributed by atoms with Crippen molar-refractivity contribution in [3.05, 3.63) is 0 Å². The highest BCUT2D eigenvalue weighted by Crippen LogP contribution is 1.86. The van der Waals surface area contributed by atoms with Gasteiger partial charge in [0.1, 0.15) is 6.61 Å². The second kappa shape index (κ2) is 6.87. The monoisotopic (exact) mass is 156 g/mol. The lowest BCUT2D eigenvalue weighted by atomic mass is 10.3. The van der Waals surface area contributed by atoms with Gasteiger partial charge in [-0.3, -0.25) is 4.79 Å². The van der Waals surface area contributed by atoms with Crippen LogP contribution in [0.25, 0.3) is 0 Å². The number of hydrogen-bond acceptors (Lipinski definition) is 3. The Hall–Kier alpha value is -1.24. The fourth-order valence-corrected chi connectivity index (χ4v) is 0.609. The molecule has 0 aromatic carbocycles. The van der Waals surface area contributed by atoms with E-state index in [1.54, 1.807) is 6.26 Å². The normalized spacial score (nSPS) is 8.36. The summed E-state index contributed by atoms with van der Waals surface area (Å²) in [5.41, 5.74) is 0. The number of carbonyl (C=O) groups is 1. The smallest absolute Gasteiger partial charge is 0.286 e. The fraction of sp³-hybridized carbons (Fsp3) is 0.714. The molecule has 4 heteroatoms.